The standard InChI is InChI=1S/C25H20Cl3FN4O2/c1-32(2)24-16(25(34)31-19-7-8-35-21-6-4-3-5-14(19)21)12-30-33-20(24)11-18(27)23(33)15-9-13(29)10-17(26)22(15)28/h3-6,9-12,19H,7-8H2,1-2H3,(H,31,34)/t19-/m0/s1. The molecule has 0 unspecified atom stereocenters. The van der Waals surface area contributed by atoms with Crippen LogP contribution in [0.15, 0.2) is 48.7 Å². The quantitative estimate of drug-likeness (QED) is 0.308. The van der Waals surface area contributed by atoms with Crippen LogP contribution in [0.25, 0.3) is 16.8 Å². The number of carbonyl (C=O) groups excluding carboxylic acids is 1. The molecule has 0 aliphatic carbocycles. The predicted molar refractivity (Wildman–Crippen MR) is 137 cm³/mol. The molecule has 3 heterocycles. The van der Waals surface area contributed by atoms with Crippen LogP contribution >= 0.6 is 34.8 Å². The third-order valence-electron chi connectivity index (χ3n) is 5.93. The third kappa shape index (κ3) is 4.18. The largest absolute Gasteiger partial charge is 0.493 e. The zero-order chi connectivity index (χ0) is 24.9. The molecule has 0 fully saturated rings. The summed E-state index contributed by atoms with van der Waals surface area (Å²) in [6, 6.07) is 11.5. The Morgan fingerprint density at radius 2 is 1.94 bits per heavy atom. The highest BCUT2D eigenvalue weighted by Gasteiger charge is 2.27. The van der Waals surface area contributed by atoms with Crippen LogP contribution in [0.5, 0.6) is 5.75 Å². The summed E-state index contributed by atoms with van der Waals surface area (Å²) in [6.07, 6.45) is 2.12. The number of ether oxygens (including phenoxy) is 1. The van der Waals surface area contributed by atoms with Gasteiger partial charge >= 0.3 is 0 Å². The van der Waals surface area contributed by atoms with Crippen molar-refractivity contribution in [1.29, 1.82) is 0 Å². The number of carbonyl (C=O) groups is 1. The maximum absolute atomic E-state index is 14.2. The van der Waals surface area contributed by atoms with Crippen molar-refractivity contribution < 1.29 is 13.9 Å². The summed E-state index contributed by atoms with van der Waals surface area (Å²) in [5.41, 5.74) is 3.14. The second-order valence-corrected chi connectivity index (χ2v) is 9.58. The molecule has 6 nitrogen and oxygen atoms in total. The minimum Gasteiger partial charge on any atom is -0.493 e. The molecule has 1 atom stereocenters. The molecule has 4 aromatic rings. The molecular formula is C25H20Cl3FN4O2. The minimum atomic E-state index is -0.555. The fourth-order valence-corrected chi connectivity index (χ4v) is 5.10. The molecule has 10 heteroatoms. The van der Waals surface area contributed by atoms with Crippen LogP contribution in [-0.4, -0.2) is 36.2 Å². The van der Waals surface area contributed by atoms with Gasteiger partial charge in [0.05, 0.1) is 56.4 Å². The number of hydrogen-bond donors (Lipinski definition) is 1. The summed E-state index contributed by atoms with van der Waals surface area (Å²) in [5.74, 6) is -0.0730. The Kier molecular flexibility index (Phi) is 6.25. The van der Waals surface area contributed by atoms with E-state index in [4.69, 9.17) is 39.5 Å². The summed E-state index contributed by atoms with van der Waals surface area (Å²) in [5, 5.41) is 8.10. The van der Waals surface area contributed by atoms with E-state index in [0.29, 0.717) is 46.1 Å². The van der Waals surface area contributed by atoms with E-state index in [1.54, 1.807) is 6.07 Å². The second-order valence-electron chi connectivity index (χ2n) is 8.39. The van der Waals surface area contributed by atoms with Gasteiger partial charge in [0.25, 0.3) is 5.91 Å². The van der Waals surface area contributed by atoms with E-state index in [1.807, 2.05) is 43.3 Å². The average Bonchev–Trinajstić information content (AvgIpc) is 3.16. The van der Waals surface area contributed by atoms with Gasteiger partial charge in [0.2, 0.25) is 0 Å². The van der Waals surface area contributed by atoms with Gasteiger partial charge in [0, 0.05) is 31.6 Å². The topological polar surface area (TPSA) is 58.9 Å². The molecule has 35 heavy (non-hydrogen) atoms. The molecule has 0 bridgehead atoms. The molecule has 2 aromatic heterocycles. The van der Waals surface area contributed by atoms with E-state index in [1.165, 1.54) is 16.8 Å². The Morgan fingerprint density at radius 1 is 1.17 bits per heavy atom. The summed E-state index contributed by atoms with van der Waals surface area (Å²) < 4.78 is 21.4. The number of hydrogen-bond acceptors (Lipinski definition) is 4. The van der Waals surface area contributed by atoms with Gasteiger partial charge in [-0.05, 0) is 24.3 Å². The summed E-state index contributed by atoms with van der Waals surface area (Å²) in [4.78, 5) is 15.3. The maximum atomic E-state index is 14.2. The Hall–Kier alpha value is -3.00. The molecule has 0 radical (unpaired) electrons. The highest BCUT2D eigenvalue weighted by Crippen LogP contribution is 2.41. The fourth-order valence-electron chi connectivity index (χ4n) is 4.41. The van der Waals surface area contributed by atoms with Crippen molar-refractivity contribution in [2.75, 3.05) is 25.6 Å². The molecule has 1 amide bonds. The van der Waals surface area contributed by atoms with Gasteiger partial charge in [0.15, 0.2) is 0 Å². The normalized spacial score (nSPS) is 15.0. The predicted octanol–water partition coefficient (Wildman–Crippen LogP) is 6.42. The minimum absolute atomic E-state index is 0.0632. The van der Waals surface area contributed by atoms with Crippen molar-refractivity contribution in [2.24, 2.45) is 0 Å². The van der Waals surface area contributed by atoms with Crippen LogP contribution in [0, 0.1) is 5.82 Å². The average molecular weight is 534 g/mol. The summed E-state index contributed by atoms with van der Waals surface area (Å²) in [6.45, 7) is 0.508. The van der Waals surface area contributed by atoms with Gasteiger partial charge in [-0.15, -0.1) is 0 Å². The zero-order valence-corrected chi connectivity index (χ0v) is 21.0. The first-order valence-electron chi connectivity index (χ1n) is 10.8. The molecule has 0 saturated carbocycles. The molecule has 5 rings (SSSR count). The molecule has 1 aliphatic heterocycles. The molecule has 1 N–H and O–H groups in total. The van der Waals surface area contributed by atoms with Crippen LogP contribution < -0.4 is 15.0 Å². The van der Waals surface area contributed by atoms with E-state index in [2.05, 4.69) is 10.4 Å². The van der Waals surface area contributed by atoms with Gasteiger partial charge in [-0.1, -0.05) is 53.0 Å². The number of amides is 1. The van der Waals surface area contributed by atoms with Gasteiger partial charge in [-0.2, -0.15) is 5.10 Å². The molecule has 2 aromatic carbocycles. The van der Waals surface area contributed by atoms with Crippen molar-refractivity contribution in [3.8, 4) is 17.0 Å². The van der Waals surface area contributed by atoms with E-state index in [-0.39, 0.29) is 22.0 Å². The second kappa shape index (κ2) is 9.22. The van der Waals surface area contributed by atoms with Gasteiger partial charge < -0.3 is 15.0 Å². The number of nitrogens with zero attached hydrogens (tertiary/aromatic N) is 3. The van der Waals surface area contributed by atoms with Gasteiger partial charge in [-0.25, -0.2) is 8.91 Å². The van der Waals surface area contributed by atoms with Gasteiger partial charge in [0.1, 0.15) is 11.6 Å². The SMILES string of the molecule is CN(C)c1c(C(=O)N[C@H]2CCOc3ccccc32)cnn2c(-c3cc(F)cc(Cl)c3Cl)c(Cl)cc12. The number of aromatic nitrogens is 2. The Morgan fingerprint density at radius 3 is 2.71 bits per heavy atom. The number of para-hydroxylation sites is 1. The Labute approximate surface area is 216 Å². The molecule has 0 spiro atoms. The van der Waals surface area contributed by atoms with E-state index in [0.717, 1.165) is 17.4 Å². The zero-order valence-electron chi connectivity index (χ0n) is 18.8. The molecular weight excluding hydrogens is 514 g/mol. The van der Waals surface area contributed by atoms with Crippen molar-refractivity contribution in [2.45, 2.75) is 12.5 Å². The van der Waals surface area contributed by atoms with Crippen molar-refractivity contribution in [1.82, 2.24) is 14.9 Å². The molecule has 180 valence electrons. The number of benzene rings is 2. The highest BCUT2D eigenvalue weighted by atomic mass is 35.5. The fraction of sp³-hybridized carbons (Fsp3) is 0.200. The van der Waals surface area contributed by atoms with Crippen molar-refractivity contribution in [3.05, 3.63) is 80.7 Å². The van der Waals surface area contributed by atoms with Crippen molar-refractivity contribution >= 4 is 51.9 Å². The van der Waals surface area contributed by atoms with Crippen LogP contribution in [0.2, 0.25) is 15.1 Å². The lowest BCUT2D eigenvalue weighted by Gasteiger charge is -2.27. The lowest BCUT2D eigenvalue weighted by Crippen LogP contribution is -2.33. The summed E-state index contributed by atoms with van der Waals surface area (Å²) >= 11 is 19.1. The van der Waals surface area contributed by atoms with Crippen LogP contribution in [0.4, 0.5) is 10.1 Å². The smallest absolute Gasteiger partial charge is 0.255 e. The molecule has 1 aliphatic rings. The first-order chi connectivity index (χ1) is 16.8. The number of anilines is 1. The Balaban J connectivity index is 1.60. The first-order valence-corrected chi connectivity index (χ1v) is 11.9. The number of nitrogens with one attached hydrogen (secondary N) is 1. The monoisotopic (exact) mass is 532 g/mol. The number of fused-ring (bicyclic) bond motifs is 2. The van der Waals surface area contributed by atoms with E-state index >= 15 is 0 Å². The molecule has 0 saturated heterocycles. The maximum Gasteiger partial charge on any atom is 0.255 e. The number of halogens is 4. The van der Waals surface area contributed by atoms with Crippen LogP contribution in [0.1, 0.15) is 28.4 Å². The van der Waals surface area contributed by atoms with E-state index < -0.39 is 5.82 Å². The summed E-state index contributed by atoms with van der Waals surface area (Å²) in [7, 11) is 3.64. The van der Waals surface area contributed by atoms with Gasteiger partial charge in [-0.3, -0.25) is 4.79 Å². The Bertz CT molecular complexity index is 1470. The van der Waals surface area contributed by atoms with E-state index in [9.17, 15) is 9.18 Å². The lowest BCUT2D eigenvalue weighted by atomic mass is 10.00. The van der Waals surface area contributed by atoms with Crippen LogP contribution in [-0.2, 0) is 0 Å². The lowest BCUT2D eigenvalue weighted by molar-refractivity contribution is 0.0925. The first kappa shape index (κ1) is 23.7. The van der Waals surface area contributed by atoms with Crippen molar-refractivity contribution in [3.63, 3.8) is 0 Å². The van der Waals surface area contributed by atoms with Crippen LogP contribution in [0.3, 0.4) is 0 Å². The third-order valence-corrected chi connectivity index (χ3v) is 7.02. The number of rotatable bonds is 4. The highest BCUT2D eigenvalue weighted by molar-refractivity contribution is 6.44.